The van der Waals surface area contributed by atoms with E-state index < -0.39 is 22.2 Å². The van der Waals surface area contributed by atoms with Gasteiger partial charge in [-0.1, -0.05) is 18.8 Å². The van der Waals surface area contributed by atoms with E-state index in [0.29, 0.717) is 18.0 Å². The number of aliphatic hydroxyl groups is 1. The van der Waals surface area contributed by atoms with Crippen LogP contribution < -0.4 is 4.74 Å². The Morgan fingerprint density at radius 3 is 2.66 bits per heavy atom. The Morgan fingerprint density at radius 2 is 2.03 bits per heavy atom. The van der Waals surface area contributed by atoms with Crippen LogP contribution in [0.4, 0.5) is 0 Å². The lowest BCUT2D eigenvalue weighted by Crippen LogP contribution is -2.50. The van der Waals surface area contributed by atoms with E-state index in [4.69, 9.17) is 4.74 Å². The monoisotopic (exact) mass is 460 g/mol. The highest BCUT2D eigenvalue weighted by Crippen LogP contribution is 2.35. The molecule has 0 radical (unpaired) electrons. The van der Waals surface area contributed by atoms with E-state index in [1.807, 2.05) is 6.92 Å². The maximum atomic E-state index is 13.5. The van der Waals surface area contributed by atoms with Gasteiger partial charge >= 0.3 is 0 Å². The fraction of sp³-hybridized carbons (Fsp3) is 0.625. The zero-order valence-corrected chi connectivity index (χ0v) is 19.8. The van der Waals surface area contributed by atoms with E-state index in [0.717, 1.165) is 25.7 Å². The summed E-state index contributed by atoms with van der Waals surface area (Å²) in [5, 5.41) is 9.73. The number of hydrogen-bond donors (Lipinski definition) is 1. The lowest BCUT2D eigenvalue weighted by molar-refractivity contribution is -0.132. The van der Waals surface area contributed by atoms with Crippen molar-refractivity contribution in [3.8, 4) is 17.6 Å². The number of ether oxygens (including phenoxy) is 1. The number of benzene rings is 1. The number of nitrogens with zero attached hydrogens (tertiary/aromatic N) is 2. The number of sulfonamides is 1. The molecule has 0 aromatic heterocycles. The molecule has 2 saturated carbocycles. The number of rotatable bonds is 5. The molecule has 1 N–H and O–H groups in total. The highest BCUT2D eigenvalue weighted by molar-refractivity contribution is 7.89. The zero-order chi connectivity index (χ0) is 23.0. The minimum absolute atomic E-state index is 0.0721. The van der Waals surface area contributed by atoms with Crippen LogP contribution in [0.3, 0.4) is 0 Å². The van der Waals surface area contributed by atoms with Gasteiger partial charge in [0.2, 0.25) is 15.9 Å². The van der Waals surface area contributed by atoms with Crippen LogP contribution in [0.15, 0.2) is 23.1 Å². The Morgan fingerprint density at radius 1 is 1.31 bits per heavy atom. The Bertz CT molecular complexity index is 1040. The van der Waals surface area contributed by atoms with Crippen molar-refractivity contribution in [1.82, 2.24) is 9.21 Å². The third-order valence-corrected chi connectivity index (χ3v) is 8.44. The molecule has 3 atom stereocenters. The summed E-state index contributed by atoms with van der Waals surface area (Å²) in [5.74, 6) is 7.04. The molecule has 3 aliphatic rings. The molecule has 1 heterocycles. The smallest absolute Gasteiger partial charge is 0.247 e. The molecule has 0 unspecified atom stereocenters. The summed E-state index contributed by atoms with van der Waals surface area (Å²) in [7, 11) is -2.10. The van der Waals surface area contributed by atoms with E-state index in [2.05, 4.69) is 11.8 Å². The van der Waals surface area contributed by atoms with Crippen LogP contribution in [-0.2, 0) is 14.8 Å². The summed E-state index contributed by atoms with van der Waals surface area (Å²) in [4.78, 5) is 14.3. The SMILES string of the molecule is C[C@@H]1CN([C@H](C)CO)S(=O)(=O)c2ccc(C#CC3CC3)cc2O[C@H]1CN(C)C(=O)C1CC1. The molecular formula is C24H32N2O5S. The van der Waals surface area contributed by atoms with Gasteiger partial charge in [0, 0.05) is 43.0 Å². The maximum absolute atomic E-state index is 13.5. The minimum Gasteiger partial charge on any atom is -0.487 e. The zero-order valence-electron chi connectivity index (χ0n) is 19.0. The van der Waals surface area contributed by atoms with Gasteiger partial charge in [-0.2, -0.15) is 4.31 Å². The van der Waals surface area contributed by atoms with E-state index in [-0.39, 0.29) is 41.5 Å². The van der Waals surface area contributed by atoms with Gasteiger partial charge in [0.15, 0.2) is 0 Å². The first-order valence-corrected chi connectivity index (χ1v) is 12.8. The van der Waals surface area contributed by atoms with Crippen molar-refractivity contribution >= 4 is 15.9 Å². The molecule has 2 fully saturated rings. The largest absolute Gasteiger partial charge is 0.487 e. The van der Waals surface area contributed by atoms with Crippen molar-refractivity contribution in [3.05, 3.63) is 23.8 Å². The molecule has 1 aliphatic heterocycles. The summed E-state index contributed by atoms with van der Waals surface area (Å²) in [6.45, 7) is 3.91. The quantitative estimate of drug-likeness (QED) is 0.680. The van der Waals surface area contributed by atoms with Crippen LogP contribution in [0.2, 0.25) is 0 Å². The second-order valence-corrected chi connectivity index (χ2v) is 11.3. The van der Waals surface area contributed by atoms with E-state index in [1.54, 1.807) is 37.1 Å². The second kappa shape index (κ2) is 9.05. The third kappa shape index (κ3) is 4.95. The van der Waals surface area contributed by atoms with Gasteiger partial charge in [-0.05, 0) is 50.8 Å². The van der Waals surface area contributed by atoms with Crippen molar-refractivity contribution in [2.24, 2.45) is 17.8 Å². The highest BCUT2D eigenvalue weighted by Gasteiger charge is 2.39. The van der Waals surface area contributed by atoms with Gasteiger partial charge in [0.05, 0.1) is 13.2 Å². The van der Waals surface area contributed by atoms with Gasteiger partial charge < -0.3 is 14.7 Å². The molecular weight excluding hydrogens is 428 g/mol. The van der Waals surface area contributed by atoms with Crippen molar-refractivity contribution in [1.29, 1.82) is 0 Å². The molecule has 0 saturated heterocycles. The number of carbonyl (C=O) groups excluding carboxylic acids is 1. The molecule has 7 nitrogen and oxygen atoms in total. The minimum atomic E-state index is -3.87. The van der Waals surface area contributed by atoms with Crippen LogP contribution in [0.25, 0.3) is 0 Å². The van der Waals surface area contributed by atoms with Crippen LogP contribution in [-0.4, -0.2) is 67.5 Å². The summed E-state index contributed by atoms with van der Waals surface area (Å²) < 4.78 is 34.6. The van der Waals surface area contributed by atoms with Crippen LogP contribution in [0.5, 0.6) is 5.75 Å². The van der Waals surface area contributed by atoms with Crippen molar-refractivity contribution in [2.45, 2.75) is 56.6 Å². The van der Waals surface area contributed by atoms with E-state index in [9.17, 15) is 18.3 Å². The predicted octanol–water partition coefficient (Wildman–Crippen LogP) is 2.09. The van der Waals surface area contributed by atoms with Crippen LogP contribution in [0, 0.1) is 29.6 Å². The van der Waals surface area contributed by atoms with Crippen LogP contribution >= 0.6 is 0 Å². The van der Waals surface area contributed by atoms with Crippen molar-refractivity contribution in [2.75, 3.05) is 26.7 Å². The summed E-state index contributed by atoms with van der Waals surface area (Å²) in [5.41, 5.74) is 0.710. The number of likely N-dealkylation sites (N-methyl/N-ethyl adjacent to an activating group) is 1. The lowest BCUT2D eigenvalue weighted by atomic mass is 10.0. The number of fused-ring (bicyclic) bond motifs is 1. The fourth-order valence-electron chi connectivity index (χ4n) is 3.94. The normalized spacial score (nSPS) is 25.9. The Balaban J connectivity index is 1.70. The molecule has 1 aromatic rings. The average Bonchev–Trinajstić information content (AvgIpc) is 3.67. The second-order valence-electron chi connectivity index (χ2n) is 9.44. The summed E-state index contributed by atoms with van der Waals surface area (Å²) in [6, 6.07) is 4.37. The fourth-order valence-corrected chi connectivity index (χ4v) is 5.76. The standard InChI is InChI=1S/C24H32N2O5S/c1-16-13-26(17(2)15-27)32(29,30)23-11-8-19(7-6-18-4-5-18)12-21(23)31-22(16)14-25(3)24(28)20-9-10-20/h8,11-12,16-18,20,22,27H,4-5,9-10,13-15H2,1-3H3/t16-,17-,22+/m1/s1. The van der Waals surface area contributed by atoms with E-state index in [1.165, 1.54) is 4.31 Å². The Kier molecular flexibility index (Phi) is 6.53. The van der Waals surface area contributed by atoms with Crippen molar-refractivity contribution < 1.29 is 23.1 Å². The van der Waals surface area contributed by atoms with Crippen molar-refractivity contribution in [3.63, 3.8) is 0 Å². The Labute approximate surface area is 190 Å². The molecule has 174 valence electrons. The van der Waals surface area contributed by atoms with Gasteiger partial charge in [-0.3, -0.25) is 4.79 Å². The molecule has 4 rings (SSSR count). The van der Waals surface area contributed by atoms with Crippen LogP contribution in [0.1, 0.15) is 45.1 Å². The number of amides is 1. The molecule has 0 spiro atoms. The molecule has 8 heteroatoms. The first-order chi connectivity index (χ1) is 15.2. The first kappa shape index (κ1) is 23.1. The lowest BCUT2D eigenvalue weighted by Gasteiger charge is -2.37. The Hall–Kier alpha value is -2.08. The predicted molar refractivity (Wildman–Crippen MR) is 120 cm³/mol. The topological polar surface area (TPSA) is 87.2 Å². The summed E-state index contributed by atoms with van der Waals surface area (Å²) >= 11 is 0. The number of aliphatic hydroxyl groups excluding tert-OH is 1. The first-order valence-electron chi connectivity index (χ1n) is 11.4. The molecule has 2 aliphatic carbocycles. The number of carbonyl (C=O) groups is 1. The third-order valence-electron chi connectivity index (χ3n) is 6.42. The molecule has 1 amide bonds. The molecule has 0 bridgehead atoms. The highest BCUT2D eigenvalue weighted by atomic mass is 32.2. The number of hydrogen-bond acceptors (Lipinski definition) is 5. The van der Waals surface area contributed by atoms with Gasteiger partial charge in [-0.25, -0.2) is 8.42 Å². The molecule has 32 heavy (non-hydrogen) atoms. The molecule has 1 aromatic carbocycles. The maximum Gasteiger partial charge on any atom is 0.247 e. The van der Waals surface area contributed by atoms with Gasteiger partial charge in [0.25, 0.3) is 0 Å². The van der Waals surface area contributed by atoms with Gasteiger partial charge in [0.1, 0.15) is 16.7 Å². The summed E-state index contributed by atoms with van der Waals surface area (Å²) in [6.07, 6.45) is 3.68. The van der Waals surface area contributed by atoms with Gasteiger partial charge in [-0.15, -0.1) is 0 Å². The van der Waals surface area contributed by atoms with E-state index >= 15 is 0 Å². The average molecular weight is 461 g/mol.